The molecule has 0 aliphatic rings. The summed E-state index contributed by atoms with van der Waals surface area (Å²) < 4.78 is 7.21. The maximum atomic E-state index is 11.5. The zero-order valence-electron chi connectivity index (χ0n) is 9.92. The quantitative estimate of drug-likeness (QED) is 0.809. The van der Waals surface area contributed by atoms with Gasteiger partial charge in [-0.15, -0.1) is 5.10 Å². The van der Waals surface area contributed by atoms with Crippen LogP contribution in [0.1, 0.15) is 17.5 Å². The fraction of sp³-hybridized carbons (Fsp3) is 0.273. The number of aromatic nitrogens is 4. The molecule has 18 heavy (non-hydrogen) atoms. The third-order valence-electron chi connectivity index (χ3n) is 2.18. The maximum absolute atomic E-state index is 11.5. The maximum Gasteiger partial charge on any atom is 0.378 e. The van der Waals surface area contributed by atoms with E-state index in [4.69, 9.17) is 4.74 Å². The van der Waals surface area contributed by atoms with Crippen LogP contribution in [0, 0.1) is 0 Å². The zero-order chi connectivity index (χ0) is 13.1. The predicted octanol–water partition coefficient (Wildman–Crippen LogP) is 1.82. The molecule has 0 atom stereocenters. The molecule has 0 N–H and O–H groups in total. The molecular weight excluding hydrogens is 300 g/mol. The van der Waals surface area contributed by atoms with Gasteiger partial charge >= 0.3 is 5.97 Å². The summed E-state index contributed by atoms with van der Waals surface area (Å²) >= 11 is 3.33. The molecule has 0 aliphatic carbocycles. The highest BCUT2D eigenvalue weighted by atomic mass is 79.9. The van der Waals surface area contributed by atoms with E-state index < -0.39 is 5.97 Å². The Balaban J connectivity index is 2.38. The van der Waals surface area contributed by atoms with Crippen molar-refractivity contribution >= 4 is 21.9 Å². The van der Waals surface area contributed by atoms with E-state index in [0.717, 1.165) is 10.0 Å². The molecule has 0 spiro atoms. The van der Waals surface area contributed by atoms with E-state index in [1.54, 1.807) is 26.4 Å². The first-order valence-corrected chi connectivity index (χ1v) is 6.10. The van der Waals surface area contributed by atoms with Crippen LogP contribution in [-0.2, 0) is 11.8 Å². The van der Waals surface area contributed by atoms with Gasteiger partial charge in [0.05, 0.1) is 6.61 Å². The summed E-state index contributed by atoms with van der Waals surface area (Å²) in [4.78, 5) is 19.7. The predicted molar refractivity (Wildman–Crippen MR) is 67.9 cm³/mol. The Bertz CT molecular complexity index is 582. The topological polar surface area (TPSA) is 69.9 Å². The van der Waals surface area contributed by atoms with Crippen molar-refractivity contribution in [2.75, 3.05) is 6.61 Å². The Kier molecular flexibility index (Phi) is 3.71. The molecular formula is C11H11BrN4O2. The Morgan fingerprint density at radius 3 is 2.94 bits per heavy atom. The summed E-state index contributed by atoms with van der Waals surface area (Å²) in [5.74, 6) is 0.0866. The lowest BCUT2D eigenvalue weighted by Gasteiger charge is -1.99. The molecule has 94 valence electrons. The molecule has 0 amide bonds. The molecule has 2 rings (SSSR count). The van der Waals surface area contributed by atoms with Crippen LogP contribution in [0.25, 0.3) is 11.4 Å². The van der Waals surface area contributed by atoms with Crippen LogP contribution >= 0.6 is 15.9 Å². The number of hydrogen-bond acceptors (Lipinski definition) is 5. The van der Waals surface area contributed by atoms with Crippen molar-refractivity contribution in [1.29, 1.82) is 0 Å². The molecule has 2 aromatic rings. The van der Waals surface area contributed by atoms with Gasteiger partial charge in [0.15, 0.2) is 5.82 Å². The van der Waals surface area contributed by atoms with Crippen LogP contribution < -0.4 is 0 Å². The average Bonchev–Trinajstić information content (AvgIpc) is 2.72. The van der Waals surface area contributed by atoms with Crippen LogP contribution in [0.3, 0.4) is 0 Å². The SMILES string of the molecule is CCOC(=O)c1nc(-c2cncc(Br)c2)n(C)n1. The van der Waals surface area contributed by atoms with Crippen molar-refractivity contribution in [3.63, 3.8) is 0 Å². The number of halogens is 1. The molecule has 0 saturated carbocycles. The van der Waals surface area contributed by atoms with Crippen molar-refractivity contribution in [3.8, 4) is 11.4 Å². The van der Waals surface area contributed by atoms with Crippen molar-refractivity contribution in [2.45, 2.75) is 6.92 Å². The number of esters is 1. The molecule has 0 fully saturated rings. The summed E-state index contributed by atoms with van der Waals surface area (Å²) in [5.41, 5.74) is 0.773. The minimum absolute atomic E-state index is 0.0503. The van der Waals surface area contributed by atoms with Gasteiger partial charge in [-0.3, -0.25) is 4.98 Å². The zero-order valence-corrected chi connectivity index (χ0v) is 11.5. The van der Waals surface area contributed by atoms with Gasteiger partial charge in [0.25, 0.3) is 5.82 Å². The van der Waals surface area contributed by atoms with Gasteiger partial charge in [-0.25, -0.2) is 14.5 Å². The Morgan fingerprint density at radius 1 is 1.50 bits per heavy atom. The van der Waals surface area contributed by atoms with Gasteiger partial charge in [-0.05, 0) is 28.9 Å². The van der Waals surface area contributed by atoms with Gasteiger partial charge in [-0.1, -0.05) is 0 Å². The lowest BCUT2D eigenvalue weighted by Crippen LogP contribution is -2.07. The highest BCUT2D eigenvalue weighted by Crippen LogP contribution is 2.19. The van der Waals surface area contributed by atoms with Crippen LogP contribution in [0.5, 0.6) is 0 Å². The Hall–Kier alpha value is -1.76. The molecule has 0 bridgehead atoms. The van der Waals surface area contributed by atoms with Gasteiger partial charge in [-0.2, -0.15) is 0 Å². The number of ether oxygens (including phenoxy) is 1. The van der Waals surface area contributed by atoms with E-state index in [-0.39, 0.29) is 5.82 Å². The number of nitrogens with zero attached hydrogens (tertiary/aromatic N) is 4. The van der Waals surface area contributed by atoms with Crippen LogP contribution in [0.4, 0.5) is 0 Å². The first kappa shape index (κ1) is 12.7. The van der Waals surface area contributed by atoms with Gasteiger partial charge < -0.3 is 4.74 Å². The highest BCUT2D eigenvalue weighted by molar-refractivity contribution is 9.10. The molecule has 0 aliphatic heterocycles. The standard InChI is InChI=1S/C11H11BrN4O2/c1-3-18-11(17)9-14-10(16(2)15-9)7-4-8(12)6-13-5-7/h4-6H,3H2,1-2H3. The molecule has 2 heterocycles. The van der Waals surface area contributed by atoms with Crippen LogP contribution in [0.2, 0.25) is 0 Å². The van der Waals surface area contributed by atoms with Crippen molar-refractivity contribution in [2.24, 2.45) is 7.05 Å². The number of carbonyl (C=O) groups is 1. The van der Waals surface area contributed by atoms with Crippen molar-refractivity contribution < 1.29 is 9.53 Å². The molecule has 0 unspecified atom stereocenters. The van der Waals surface area contributed by atoms with Gasteiger partial charge in [0.2, 0.25) is 0 Å². The molecule has 2 aromatic heterocycles. The number of carbonyl (C=O) groups excluding carboxylic acids is 1. The average molecular weight is 311 g/mol. The summed E-state index contributed by atoms with van der Waals surface area (Å²) in [7, 11) is 1.71. The summed E-state index contributed by atoms with van der Waals surface area (Å²) in [6.45, 7) is 2.03. The van der Waals surface area contributed by atoms with Crippen molar-refractivity contribution in [3.05, 3.63) is 28.8 Å². The minimum atomic E-state index is -0.526. The lowest BCUT2D eigenvalue weighted by atomic mass is 10.3. The summed E-state index contributed by atoms with van der Waals surface area (Å²) in [5, 5.41) is 4.02. The lowest BCUT2D eigenvalue weighted by molar-refractivity contribution is 0.0512. The van der Waals surface area contributed by atoms with Crippen LogP contribution in [0.15, 0.2) is 22.9 Å². The van der Waals surface area contributed by atoms with Crippen molar-refractivity contribution in [1.82, 2.24) is 19.7 Å². The molecule has 0 radical (unpaired) electrons. The Morgan fingerprint density at radius 2 is 2.28 bits per heavy atom. The second-order valence-corrected chi connectivity index (χ2v) is 4.41. The fourth-order valence-electron chi connectivity index (χ4n) is 1.45. The minimum Gasteiger partial charge on any atom is -0.460 e. The van der Waals surface area contributed by atoms with Gasteiger partial charge in [0.1, 0.15) is 0 Å². The number of pyridine rings is 1. The molecule has 6 nitrogen and oxygen atoms in total. The third-order valence-corrected chi connectivity index (χ3v) is 2.62. The van der Waals surface area contributed by atoms with E-state index >= 15 is 0 Å². The normalized spacial score (nSPS) is 10.4. The van der Waals surface area contributed by atoms with E-state index in [2.05, 4.69) is 31.0 Å². The Labute approximate surface area is 112 Å². The molecule has 0 saturated heterocycles. The van der Waals surface area contributed by atoms with E-state index in [1.165, 1.54) is 4.68 Å². The fourth-order valence-corrected chi connectivity index (χ4v) is 1.82. The first-order chi connectivity index (χ1) is 8.61. The first-order valence-electron chi connectivity index (χ1n) is 5.31. The summed E-state index contributed by atoms with van der Waals surface area (Å²) in [6, 6.07) is 1.85. The molecule has 7 heteroatoms. The second-order valence-electron chi connectivity index (χ2n) is 3.49. The summed E-state index contributed by atoms with van der Waals surface area (Å²) in [6.07, 6.45) is 3.33. The van der Waals surface area contributed by atoms with Gasteiger partial charge in [0, 0.05) is 29.5 Å². The smallest absolute Gasteiger partial charge is 0.378 e. The van der Waals surface area contributed by atoms with E-state index in [0.29, 0.717) is 12.4 Å². The highest BCUT2D eigenvalue weighted by Gasteiger charge is 2.17. The van der Waals surface area contributed by atoms with Crippen LogP contribution in [-0.4, -0.2) is 32.3 Å². The van der Waals surface area contributed by atoms with E-state index in [1.807, 2.05) is 6.07 Å². The number of aryl methyl sites for hydroxylation is 1. The van der Waals surface area contributed by atoms with E-state index in [9.17, 15) is 4.79 Å². The number of hydrogen-bond donors (Lipinski definition) is 0. The third kappa shape index (κ3) is 2.56. The largest absolute Gasteiger partial charge is 0.460 e. The number of rotatable bonds is 3. The monoisotopic (exact) mass is 310 g/mol. The second kappa shape index (κ2) is 5.26. The molecule has 0 aromatic carbocycles.